The summed E-state index contributed by atoms with van der Waals surface area (Å²) >= 11 is 1.28. The lowest BCUT2D eigenvalue weighted by Crippen LogP contribution is -2.29. The highest BCUT2D eigenvalue weighted by Gasteiger charge is 2.11. The van der Waals surface area contributed by atoms with Crippen LogP contribution in [0.4, 0.5) is 4.39 Å². The summed E-state index contributed by atoms with van der Waals surface area (Å²) in [6, 6.07) is 4.35. The Morgan fingerprint density at radius 3 is 2.84 bits per heavy atom. The number of rotatable bonds is 7. The molecule has 0 spiro atoms. The normalized spacial score (nSPS) is 12.2. The minimum atomic E-state index is -0.309. The minimum Gasteiger partial charge on any atom is -0.396 e. The van der Waals surface area contributed by atoms with Crippen molar-refractivity contribution >= 4 is 17.7 Å². The standard InChI is InChI=1S/C14H20FNO2S/c1-3-10(6-7-17)9-16-14(18)11-4-5-12(15)13(8-11)19-2/h4-5,8,10,17H,3,6-7,9H2,1-2H3,(H,16,18). The molecule has 1 aromatic rings. The number of hydrogen-bond donors (Lipinski definition) is 2. The first-order valence-corrected chi connectivity index (χ1v) is 7.57. The molecule has 0 bridgehead atoms. The Hall–Kier alpha value is -1.07. The fraction of sp³-hybridized carbons (Fsp3) is 0.500. The van der Waals surface area contributed by atoms with Gasteiger partial charge in [0.25, 0.3) is 5.91 Å². The molecule has 2 N–H and O–H groups in total. The van der Waals surface area contributed by atoms with Gasteiger partial charge in [-0.05, 0) is 36.8 Å². The predicted molar refractivity (Wildman–Crippen MR) is 76.0 cm³/mol. The van der Waals surface area contributed by atoms with Gasteiger partial charge in [-0.2, -0.15) is 0 Å². The van der Waals surface area contributed by atoms with Gasteiger partial charge in [0, 0.05) is 23.6 Å². The van der Waals surface area contributed by atoms with Crippen LogP contribution in [-0.2, 0) is 0 Å². The highest BCUT2D eigenvalue weighted by molar-refractivity contribution is 7.98. The second-order valence-electron chi connectivity index (χ2n) is 4.35. The molecule has 1 unspecified atom stereocenters. The summed E-state index contributed by atoms with van der Waals surface area (Å²) in [7, 11) is 0. The molecule has 1 rings (SSSR count). The number of carbonyl (C=O) groups excluding carboxylic acids is 1. The number of amides is 1. The summed E-state index contributed by atoms with van der Waals surface area (Å²) in [5, 5.41) is 11.7. The highest BCUT2D eigenvalue weighted by atomic mass is 32.2. The SMILES string of the molecule is CCC(CCO)CNC(=O)c1ccc(F)c(SC)c1. The topological polar surface area (TPSA) is 49.3 Å². The van der Waals surface area contributed by atoms with Crippen LogP contribution in [0.2, 0.25) is 0 Å². The number of nitrogens with one attached hydrogen (secondary N) is 1. The molecule has 0 saturated carbocycles. The van der Waals surface area contributed by atoms with E-state index >= 15 is 0 Å². The maximum Gasteiger partial charge on any atom is 0.251 e. The molecule has 0 aliphatic rings. The van der Waals surface area contributed by atoms with Crippen molar-refractivity contribution in [3.63, 3.8) is 0 Å². The van der Waals surface area contributed by atoms with Crippen LogP contribution in [0.25, 0.3) is 0 Å². The zero-order valence-corrected chi connectivity index (χ0v) is 12.1. The van der Waals surface area contributed by atoms with Gasteiger partial charge in [0.15, 0.2) is 0 Å². The Balaban J connectivity index is 2.62. The zero-order valence-electron chi connectivity index (χ0n) is 11.3. The summed E-state index contributed by atoms with van der Waals surface area (Å²) in [4.78, 5) is 12.4. The van der Waals surface area contributed by atoms with Crippen molar-refractivity contribution in [1.29, 1.82) is 0 Å². The van der Waals surface area contributed by atoms with Gasteiger partial charge in [0.1, 0.15) is 5.82 Å². The molecule has 0 saturated heterocycles. The highest BCUT2D eigenvalue weighted by Crippen LogP contribution is 2.20. The summed E-state index contributed by atoms with van der Waals surface area (Å²) in [5.74, 6) is -0.239. The van der Waals surface area contributed by atoms with E-state index in [1.807, 2.05) is 6.92 Å². The van der Waals surface area contributed by atoms with Crippen molar-refractivity contribution < 1.29 is 14.3 Å². The third kappa shape index (κ3) is 4.84. The molecule has 106 valence electrons. The Kier molecular flexibility index (Phi) is 6.87. The molecule has 0 aliphatic carbocycles. The molecule has 19 heavy (non-hydrogen) atoms. The molecule has 1 amide bonds. The van der Waals surface area contributed by atoms with E-state index in [4.69, 9.17) is 5.11 Å². The van der Waals surface area contributed by atoms with Gasteiger partial charge in [0.05, 0.1) is 0 Å². The lowest BCUT2D eigenvalue weighted by Gasteiger charge is -2.14. The fourth-order valence-corrected chi connectivity index (χ4v) is 2.28. The molecule has 0 heterocycles. The number of halogens is 1. The predicted octanol–water partition coefficient (Wildman–Crippen LogP) is 2.69. The number of aliphatic hydroxyl groups is 1. The fourth-order valence-electron chi connectivity index (χ4n) is 1.77. The Bertz CT molecular complexity index is 426. The van der Waals surface area contributed by atoms with Gasteiger partial charge in [-0.3, -0.25) is 4.79 Å². The van der Waals surface area contributed by atoms with E-state index in [2.05, 4.69) is 5.32 Å². The first kappa shape index (κ1) is 16.0. The monoisotopic (exact) mass is 285 g/mol. The minimum absolute atomic E-state index is 0.127. The van der Waals surface area contributed by atoms with Gasteiger partial charge in [-0.1, -0.05) is 13.3 Å². The summed E-state index contributed by atoms with van der Waals surface area (Å²) < 4.78 is 13.3. The van der Waals surface area contributed by atoms with E-state index in [0.29, 0.717) is 23.4 Å². The van der Waals surface area contributed by atoms with Gasteiger partial charge < -0.3 is 10.4 Å². The molecule has 0 aliphatic heterocycles. The van der Waals surface area contributed by atoms with Crippen molar-refractivity contribution in [1.82, 2.24) is 5.32 Å². The third-order valence-corrected chi connectivity index (χ3v) is 3.83. The third-order valence-electron chi connectivity index (χ3n) is 3.08. The largest absolute Gasteiger partial charge is 0.396 e. The second-order valence-corrected chi connectivity index (χ2v) is 5.19. The van der Waals surface area contributed by atoms with E-state index < -0.39 is 0 Å². The summed E-state index contributed by atoms with van der Waals surface area (Å²) in [5.41, 5.74) is 0.463. The number of benzene rings is 1. The van der Waals surface area contributed by atoms with Gasteiger partial charge in [0.2, 0.25) is 0 Å². The lowest BCUT2D eigenvalue weighted by atomic mass is 10.0. The average molecular weight is 285 g/mol. The van der Waals surface area contributed by atoms with Crippen molar-refractivity contribution in [2.75, 3.05) is 19.4 Å². The van der Waals surface area contributed by atoms with Crippen LogP contribution in [0.5, 0.6) is 0 Å². The van der Waals surface area contributed by atoms with Crippen molar-refractivity contribution in [2.24, 2.45) is 5.92 Å². The molecular formula is C14H20FNO2S. The van der Waals surface area contributed by atoms with Crippen LogP contribution in [0, 0.1) is 11.7 Å². The smallest absolute Gasteiger partial charge is 0.251 e. The van der Waals surface area contributed by atoms with Crippen LogP contribution in [0.3, 0.4) is 0 Å². The van der Waals surface area contributed by atoms with Crippen molar-refractivity contribution in [3.8, 4) is 0 Å². The van der Waals surface area contributed by atoms with Crippen molar-refractivity contribution in [2.45, 2.75) is 24.7 Å². The summed E-state index contributed by atoms with van der Waals surface area (Å²) in [6.07, 6.45) is 3.35. The van der Waals surface area contributed by atoms with Crippen LogP contribution >= 0.6 is 11.8 Å². The number of carbonyl (C=O) groups is 1. The van der Waals surface area contributed by atoms with Crippen LogP contribution < -0.4 is 5.32 Å². The van der Waals surface area contributed by atoms with E-state index in [9.17, 15) is 9.18 Å². The summed E-state index contributed by atoms with van der Waals surface area (Å²) in [6.45, 7) is 2.68. The first-order chi connectivity index (χ1) is 9.12. The zero-order chi connectivity index (χ0) is 14.3. The van der Waals surface area contributed by atoms with Crippen molar-refractivity contribution in [3.05, 3.63) is 29.6 Å². The van der Waals surface area contributed by atoms with Gasteiger partial charge in [-0.15, -0.1) is 11.8 Å². The Labute approximate surface area is 117 Å². The number of aliphatic hydroxyl groups excluding tert-OH is 1. The molecule has 0 radical (unpaired) electrons. The Morgan fingerprint density at radius 2 is 2.26 bits per heavy atom. The van der Waals surface area contributed by atoms with Crippen LogP contribution in [0.15, 0.2) is 23.1 Å². The number of thioether (sulfide) groups is 1. The Morgan fingerprint density at radius 1 is 1.53 bits per heavy atom. The quantitative estimate of drug-likeness (QED) is 0.757. The van der Waals surface area contributed by atoms with Gasteiger partial charge >= 0.3 is 0 Å². The average Bonchev–Trinajstić information content (AvgIpc) is 2.43. The molecule has 1 aromatic carbocycles. The number of hydrogen-bond acceptors (Lipinski definition) is 3. The first-order valence-electron chi connectivity index (χ1n) is 6.35. The van der Waals surface area contributed by atoms with Gasteiger partial charge in [-0.25, -0.2) is 4.39 Å². The lowest BCUT2D eigenvalue weighted by molar-refractivity contribution is 0.0943. The molecule has 5 heteroatoms. The van der Waals surface area contributed by atoms with E-state index in [-0.39, 0.29) is 24.2 Å². The maximum atomic E-state index is 13.3. The maximum absolute atomic E-state index is 13.3. The molecule has 3 nitrogen and oxygen atoms in total. The molecular weight excluding hydrogens is 265 g/mol. The molecule has 0 fully saturated rings. The molecule has 0 aromatic heterocycles. The van der Waals surface area contributed by atoms with E-state index in [0.717, 1.165) is 6.42 Å². The van der Waals surface area contributed by atoms with E-state index in [1.165, 1.54) is 23.9 Å². The van der Waals surface area contributed by atoms with E-state index in [1.54, 1.807) is 12.3 Å². The van der Waals surface area contributed by atoms with Crippen LogP contribution in [-0.4, -0.2) is 30.4 Å². The van der Waals surface area contributed by atoms with Crippen LogP contribution in [0.1, 0.15) is 30.1 Å². The molecule has 1 atom stereocenters. The second kappa shape index (κ2) is 8.17.